The Balaban J connectivity index is 2.13. The lowest BCUT2D eigenvalue weighted by Gasteiger charge is -2.29. The van der Waals surface area contributed by atoms with E-state index in [0.717, 1.165) is 31.9 Å². The summed E-state index contributed by atoms with van der Waals surface area (Å²) in [5.41, 5.74) is 6.35. The topological polar surface area (TPSA) is 89.3 Å². The maximum atomic E-state index is 12.2. The predicted octanol–water partition coefficient (Wildman–Crippen LogP) is 1.09. The summed E-state index contributed by atoms with van der Waals surface area (Å²) in [4.78, 5) is 12.3. The molecule has 0 aliphatic heterocycles. The monoisotopic (exact) mass is 296 g/mol. The first-order valence-electron chi connectivity index (χ1n) is 6.74. The maximum Gasteiger partial charge on any atom is 0.251 e. The van der Waals surface area contributed by atoms with Crippen molar-refractivity contribution in [3.05, 3.63) is 29.8 Å². The lowest BCUT2D eigenvalue weighted by atomic mass is 9.91. The number of sulfone groups is 1. The molecule has 1 aliphatic carbocycles. The molecule has 0 radical (unpaired) electrons. The Morgan fingerprint density at radius 1 is 1.30 bits per heavy atom. The Bertz CT molecular complexity index is 598. The molecule has 1 amide bonds. The molecular weight excluding hydrogens is 276 g/mol. The van der Waals surface area contributed by atoms with Crippen LogP contribution in [0.3, 0.4) is 0 Å². The molecule has 0 aromatic heterocycles. The number of hydrogen-bond donors (Lipinski definition) is 2. The lowest BCUT2D eigenvalue weighted by molar-refractivity contribution is 0.0921. The van der Waals surface area contributed by atoms with Crippen LogP contribution < -0.4 is 11.1 Å². The van der Waals surface area contributed by atoms with Gasteiger partial charge in [0.15, 0.2) is 9.84 Å². The standard InChI is InChI=1S/C14H20N2O3S/c1-20(18,19)11-6-4-5-10(9-11)14(17)16-13-8-3-2-7-12(13)15/h4-6,9,12-13H,2-3,7-8,15H2,1H3,(H,16,17). The fraction of sp³-hybridized carbons (Fsp3) is 0.500. The summed E-state index contributed by atoms with van der Waals surface area (Å²) in [5.74, 6) is -0.266. The van der Waals surface area contributed by atoms with Crippen molar-refractivity contribution in [1.29, 1.82) is 0 Å². The molecule has 2 rings (SSSR count). The first kappa shape index (κ1) is 15.0. The summed E-state index contributed by atoms with van der Waals surface area (Å²) in [7, 11) is -3.31. The van der Waals surface area contributed by atoms with E-state index in [9.17, 15) is 13.2 Å². The number of rotatable bonds is 3. The van der Waals surface area contributed by atoms with Crippen molar-refractivity contribution in [2.75, 3.05) is 6.26 Å². The molecule has 2 unspecified atom stereocenters. The molecule has 1 aliphatic rings. The minimum Gasteiger partial charge on any atom is -0.348 e. The molecule has 1 aromatic rings. The number of carbonyl (C=O) groups excluding carboxylic acids is 1. The fourth-order valence-electron chi connectivity index (χ4n) is 2.46. The van der Waals surface area contributed by atoms with E-state index in [0.29, 0.717) is 5.56 Å². The summed E-state index contributed by atoms with van der Waals surface area (Å²) in [6.07, 6.45) is 5.06. The number of hydrogen-bond acceptors (Lipinski definition) is 4. The van der Waals surface area contributed by atoms with Crippen molar-refractivity contribution in [3.63, 3.8) is 0 Å². The molecule has 1 saturated carbocycles. The second-order valence-electron chi connectivity index (χ2n) is 5.33. The molecule has 5 nitrogen and oxygen atoms in total. The number of carbonyl (C=O) groups is 1. The van der Waals surface area contributed by atoms with Crippen LogP contribution >= 0.6 is 0 Å². The number of nitrogens with one attached hydrogen (secondary N) is 1. The third-order valence-electron chi connectivity index (χ3n) is 3.66. The van der Waals surface area contributed by atoms with Crippen LogP contribution in [0.5, 0.6) is 0 Å². The van der Waals surface area contributed by atoms with Gasteiger partial charge in [-0.15, -0.1) is 0 Å². The third kappa shape index (κ3) is 3.58. The van der Waals surface area contributed by atoms with E-state index in [1.165, 1.54) is 12.1 Å². The molecule has 1 fully saturated rings. The van der Waals surface area contributed by atoms with Crippen LogP contribution in [-0.2, 0) is 9.84 Å². The van der Waals surface area contributed by atoms with Gasteiger partial charge in [0.25, 0.3) is 5.91 Å². The summed E-state index contributed by atoms with van der Waals surface area (Å²) < 4.78 is 23.0. The SMILES string of the molecule is CS(=O)(=O)c1cccc(C(=O)NC2CCCCC2N)c1. The highest BCUT2D eigenvalue weighted by atomic mass is 32.2. The Hall–Kier alpha value is -1.40. The molecule has 1 aromatic carbocycles. The molecule has 2 atom stereocenters. The van der Waals surface area contributed by atoms with Crippen molar-refractivity contribution in [2.45, 2.75) is 42.7 Å². The Labute approximate surface area is 119 Å². The number of nitrogens with two attached hydrogens (primary N) is 1. The van der Waals surface area contributed by atoms with Gasteiger partial charge in [-0.25, -0.2) is 8.42 Å². The minimum atomic E-state index is -3.31. The van der Waals surface area contributed by atoms with Crippen molar-refractivity contribution in [2.24, 2.45) is 5.73 Å². The molecule has 0 spiro atoms. The van der Waals surface area contributed by atoms with Gasteiger partial charge in [0.2, 0.25) is 0 Å². The van der Waals surface area contributed by atoms with Gasteiger partial charge < -0.3 is 11.1 Å². The van der Waals surface area contributed by atoms with Gasteiger partial charge in [-0.05, 0) is 31.0 Å². The second kappa shape index (κ2) is 5.93. The normalized spacial score (nSPS) is 23.3. The largest absolute Gasteiger partial charge is 0.348 e. The van der Waals surface area contributed by atoms with Gasteiger partial charge in [-0.2, -0.15) is 0 Å². The van der Waals surface area contributed by atoms with Crippen LogP contribution in [0, 0.1) is 0 Å². The molecule has 0 bridgehead atoms. The minimum absolute atomic E-state index is 0.0224. The summed E-state index contributed by atoms with van der Waals surface area (Å²) in [6.45, 7) is 0. The van der Waals surface area contributed by atoms with Crippen LogP contribution in [-0.4, -0.2) is 32.7 Å². The molecule has 6 heteroatoms. The highest BCUT2D eigenvalue weighted by Gasteiger charge is 2.24. The van der Waals surface area contributed by atoms with E-state index in [1.807, 2.05) is 0 Å². The van der Waals surface area contributed by atoms with E-state index in [1.54, 1.807) is 12.1 Å². The molecule has 110 valence electrons. The Morgan fingerprint density at radius 2 is 2.00 bits per heavy atom. The summed E-state index contributed by atoms with van der Waals surface area (Å²) >= 11 is 0. The van der Waals surface area contributed by atoms with Crippen LogP contribution in [0.25, 0.3) is 0 Å². The van der Waals surface area contributed by atoms with E-state index < -0.39 is 9.84 Å². The summed E-state index contributed by atoms with van der Waals surface area (Å²) in [5, 5.41) is 2.90. The Kier molecular flexibility index (Phi) is 4.45. The van der Waals surface area contributed by atoms with Crippen molar-refractivity contribution < 1.29 is 13.2 Å². The van der Waals surface area contributed by atoms with Gasteiger partial charge in [0.1, 0.15) is 0 Å². The van der Waals surface area contributed by atoms with E-state index in [2.05, 4.69) is 5.32 Å². The van der Waals surface area contributed by atoms with Gasteiger partial charge >= 0.3 is 0 Å². The van der Waals surface area contributed by atoms with Crippen LogP contribution in [0.1, 0.15) is 36.0 Å². The summed E-state index contributed by atoms with van der Waals surface area (Å²) in [6, 6.07) is 6.02. The highest BCUT2D eigenvalue weighted by molar-refractivity contribution is 7.90. The van der Waals surface area contributed by atoms with Crippen molar-refractivity contribution >= 4 is 15.7 Å². The lowest BCUT2D eigenvalue weighted by Crippen LogP contribution is -2.49. The zero-order valence-corrected chi connectivity index (χ0v) is 12.3. The molecule has 3 N–H and O–H groups in total. The van der Waals surface area contributed by atoms with Crippen LogP contribution in [0.2, 0.25) is 0 Å². The molecule has 20 heavy (non-hydrogen) atoms. The zero-order valence-electron chi connectivity index (χ0n) is 11.5. The maximum absolute atomic E-state index is 12.2. The first-order chi connectivity index (χ1) is 9.38. The van der Waals surface area contributed by atoms with E-state index in [4.69, 9.17) is 5.73 Å². The van der Waals surface area contributed by atoms with E-state index >= 15 is 0 Å². The van der Waals surface area contributed by atoms with Crippen molar-refractivity contribution in [1.82, 2.24) is 5.32 Å². The van der Waals surface area contributed by atoms with Gasteiger partial charge in [0, 0.05) is 23.9 Å². The molecule has 0 heterocycles. The number of benzene rings is 1. The highest BCUT2D eigenvalue weighted by Crippen LogP contribution is 2.18. The average Bonchev–Trinajstić information content (AvgIpc) is 2.40. The molecular formula is C14H20N2O3S. The second-order valence-corrected chi connectivity index (χ2v) is 7.34. The quantitative estimate of drug-likeness (QED) is 0.873. The van der Waals surface area contributed by atoms with Crippen molar-refractivity contribution in [3.8, 4) is 0 Å². The number of amides is 1. The van der Waals surface area contributed by atoms with Gasteiger partial charge in [0.05, 0.1) is 4.90 Å². The average molecular weight is 296 g/mol. The fourth-order valence-corrected chi connectivity index (χ4v) is 3.13. The predicted molar refractivity (Wildman–Crippen MR) is 77.2 cm³/mol. The van der Waals surface area contributed by atoms with Gasteiger partial charge in [-0.1, -0.05) is 18.9 Å². The Morgan fingerprint density at radius 3 is 2.65 bits per heavy atom. The van der Waals surface area contributed by atoms with E-state index in [-0.39, 0.29) is 22.9 Å². The van der Waals surface area contributed by atoms with Gasteiger partial charge in [-0.3, -0.25) is 4.79 Å². The zero-order chi connectivity index (χ0) is 14.8. The molecule has 0 saturated heterocycles. The third-order valence-corrected chi connectivity index (χ3v) is 4.77. The first-order valence-corrected chi connectivity index (χ1v) is 8.63. The van der Waals surface area contributed by atoms with Crippen LogP contribution in [0.15, 0.2) is 29.2 Å². The smallest absolute Gasteiger partial charge is 0.251 e. The van der Waals surface area contributed by atoms with Crippen LogP contribution in [0.4, 0.5) is 0 Å².